The van der Waals surface area contributed by atoms with Gasteiger partial charge in [-0.15, -0.1) is 0 Å². The van der Waals surface area contributed by atoms with E-state index in [-0.39, 0.29) is 45.6 Å². The number of aromatic hydroxyl groups is 2. The molecule has 0 unspecified atom stereocenters. The molecule has 0 bridgehead atoms. The lowest BCUT2D eigenvalue weighted by Crippen LogP contribution is -2.03. The third kappa shape index (κ3) is 5.16. The van der Waals surface area contributed by atoms with Crippen molar-refractivity contribution in [3.63, 3.8) is 0 Å². The van der Waals surface area contributed by atoms with Gasteiger partial charge in [0.2, 0.25) is 11.5 Å². The Balaban J connectivity index is 0.000000300. The minimum atomic E-state index is -1.09. The van der Waals surface area contributed by atoms with Crippen molar-refractivity contribution in [1.29, 1.82) is 0 Å². The predicted octanol–water partition coefficient (Wildman–Crippen LogP) is 2.61. The summed E-state index contributed by atoms with van der Waals surface area (Å²) in [6, 6.07) is 4.02. The monoisotopic (exact) mass is 424 g/mol. The number of esters is 1. The molecule has 10 heteroatoms. The summed E-state index contributed by atoms with van der Waals surface area (Å²) in [6.07, 6.45) is 0. The summed E-state index contributed by atoms with van der Waals surface area (Å²) in [4.78, 5) is 22.1. The lowest BCUT2D eigenvalue weighted by molar-refractivity contribution is 0.0599. The molecule has 2 aromatic carbocycles. The van der Waals surface area contributed by atoms with Crippen LogP contribution in [0.25, 0.3) is 0 Å². The van der Waals surface area contributed by atoms with Crippen molar-refractivity contribution in [2.45, 2.75) is 6.92 Å². The number of hydrogen-bond acceptors (Lipinski definition) is 9. The van der Waals surface area contributed by atoms with E-state index in [1.165, 1.54) is 53.7 Å². The molecule has 0 aliphatic heterocycles. The minimum absolute atomic E-state index is 0.0431. The van der Waals surface area contributed by atoms with Crippen LogP contribution in [0.3, 0.4) is 0 Å². The van der Waals surface area contributed by atoms with Crippen molar-refractivity contribution in [1.82, 2.24) is 0 Å². The summed E-state index contributed by atoms with van der Waals surface area (Å²) >= 11 is 0. The molecule has 0 heterocycles. The van der Waals surface area contributed by atoms with Crippen LogP contribution in [-0.2, 0) is 4.74 Å². The summed E-state index contributed by atoms with van der Waals surface area (Å²) in [6.45, 7) is 1.56. The number of carboxylic acid groups (broad SMARTS) is 1. The van der Waals surface area contributed by atoms with Crippen LogP contribution < -0.4 is 18.9 Å². The zero-order chi connectivity index (χ0) is 23.0. The van der Waals surface area contributed by atoms with Crippen LogP contribution in [0, 0.1) is 6.92 Å². The lowest BCUT2D eigenvalue weighted by Gasteiger charge is -2.12. The van der Waals surface area contributed by atoms with Gasteiger partial charge in [0.15, 0.2) is 23.0 Å². The van der Waals surface area contributed by atoms with Gasteiger partial charge in [-0.25, -0.2) is 9.59 Å². The van der Waals surface area contributed by atoms with Crippen molar-refractivity contribution in [3.8, 4) is 34.5 Å². The van der Waals surface area contributed by atoms with E-state index in [0.717, 1.165) is 0 Å². The second-order valence-corrected chi connectivity index (χ2v) is 5.66. The Bertz CT molecular complexity index is 895. The number of carboxylic acids is 1. The van der Waals surface area contributed by atoms with Crippen molar-refractivity contribution < 1.29 is 48.6 Å². The van der Waals surface area contributed by atoms with E-state index in [2.05, 4.69) is 4.74 Å². The standard InChI is InChI=1S/2C10H12O5/c1-13-7-4-6(10(12)15-3)5-8(14-2)9(7)11;1-5-6(10(12)13)4-7(14-2)8(11)9(5)15-3/h4-5,11H,1-3H3;4,11H,1-3H3,(H,12,13). The van der Waals surface area contributed by atoms with E-state index >= 15 is 0 Å². The summed E-state index contributed by atoms with van der Waals surface area (Å²) in [7, 11) is 6.74. The van der Waals surface area contributed by atoms with Crippen LogP contribution in [-0.4, -0.2) is 62.8 Å². The Morgan fingerprint density at radius 1 is 0.767 bits per heavy atom. The summed E-state index contributed by atoms with van der Waals surface area (Å²) < 4.78 is 24.1. The van der Waals surface area contributed by atoms with Gasteiger partial charge in [0.25, 0.3) is 0 Å². The number of carbonyl (C=O) groups excluding carboxylic acids is 1. The van der Waals surface area contributed by atoms with E-state index in [1.54, 1.807) is 6.92 Å². The third-order valence-corrected chi connectivity index (χ3v) is 4.02. The first-order chi connectivity index (χ1) is 14.2. The van der Waals surface area contributed by atoms with E-state index in [4.69, 9.17) is 24.1 Å². The SMILES string of the molecule is COC(=O)c1cc(OC)c(O)c(OC)c1.COc1cc(C(=O)O)c(C)c(OC)c1O. The maximum absolute atomic E-state index is 11.2. The number of aromatic carboxylic acids is 1. The fourth-order valence-corrected chi connectivity index (χ4v) is 2.48. The second kappa shape index (κ2) is 10.6. The van der Waals surface area contributed by atoms with Crippen molar-refractivity contribution in [2.75, 3.05) is 35.5 Å². The second-order valence-electron chi connectivity index (χ2n) is 5.66. The number of carbonyl (C=O) groups is 2. The van der Waals surface area contributed by atoms with E-state index in [0.29, 0.717) is 5.56 Å². The molecule has 164 valence electrons. The van der Waals surface area contributed by atoms with Crippen molar-refractivity contribution in [2.24, 2.45) is 0 Å². The molecule has 0 fully saturated rings. The summed E-state index contributed by atoms with van der Waals surface area (Å²) in [5.74, 6) is -1.43. The number of benzene rings is 2. The Morgan fingerprint density at radius 3 is 1.60 bits per heavy atom. The van der Waals surface area contributed by atoms with Crippen molar-refractivity contribution in [3.05, 3.63) is 34.9 Å². The van der Waals surface area contributed by atoms with Crippen LogP contribution in [0.15, 0.2) is 18.2 Å². The number of ether oxygens (including phenoxy) is 5. The van der Waals surface area contributed by atoms with Crippen LogP contribution in [0.2, 0.25) is 0 Å². The zero-order valence-electron chi connectivity index (χ0n) is 17.4. The van der Waals surface area contributed by atoms with Crippen LogP contribution in [0.4, 0.5) is 0 Å². The lowest BCUT2D eigenvalue weighted by atomic mass is 10.1. The Morgan fingerprint density at radius 2 is 1.23 bits per heavy atom. The maximum Gasteiger partial charge on any atom is 0.338 e. The molecule has 0 aromatic heterocycles. The molecule has 0 spiro atoms. The van der Waals surface area contributed by atoms with Gasteiger partial charge in [-0.3, -0.25) is 0 Å². The molecule has 10 nitrogen and oxygen atoms in total. The fraction of sp³-hybridized carbons (Fsp3) is 0.300. The van der Waals surface area contributed by atoms with Gasteiger partial charge in [0.1, 0.15) is 0 Å². The number of hydrogen-bond donors (Lipinski definition) is 3. The number of methoxy groups -OCH3 is 5. The van der Waals surface area contributed by atoms with Gasteiger partial charge in [-0.2, -0.15) is 0 Å². The Hall–Kier alpha value is -3.82. The van der Waals surface area contributed by atoms with Gasteiger partial charge >= 0.3 is 11.9 Å². The smallest absolute Gasteiger partial charge is 0.338 e. The van der Waals surface area contributed by atoms with Crippen molar-refractivity contribution >= 4 is 11.9 Å². The highest BCUT2D eigenvalue weighted by atomic mass is 16.5. The molecule has 0 aliphatic rings. The molecular formula is C20H24O10. The number of rotatable bonds is 6. The highest BCUT2D eigenvalue weighted by Gasteiger charge is 2.19. The average Bonchev–Trinajstić information content (AvgIpc) is 2.74. The van der Waals surface area contributed by atoms with E-state index in [9.17, 15) is 19.8 Å². The molecule has 0 saturated heterocycles. The zero-order valence-corrected chi connectivity index (χ0v) is 17.4. The van der Waals surface area contributed by atoms with Crippen LogP contribution in [0.5, 0.6) is 34.5 Å². The summed E-state index contributed by atoms with van der Waals surface area (Å²) in [5.41, 5.74) is 0.661. The van der Waals surface area contributed by atoms with Gasteiger partial charge in [-0.05, 0) is 25.1 Å². The van der Waals surface area contributed by atoms with Gasteiger partial charge in [-0.1, -0.05) is 0 Å². The fourth-order valence-electron chi connectivity index (χ4n) is 2.48. The topological polar surface area (TPSA) is 141 Å². The third-order valence-electron chi connectivity index (χ3n) is 4.02. The molecule has 2 aromatic rings. The Labute approximate surface area is 173 Å². The summed E-state index contributed by atoms with van der Waals surface area (Å²) in [5, 5.41) is 28.1. The van der Waals surface area contributed by atoms with Crippen LogP contribution in [0.1, 0.15) is 26.3 Å². The average molecular weight is 424 g/mol. The molecule has 0 amide bonds. The van der Waals surface area contributed by atoms with Crippen LogP contribution >= 0.6 is 0 Å². The first-order valence-electron chi connectivity index (χ1n) is 8.37. The first kappa shape index (κ1) is 24.2. The minimum Gasteiger partial charge on any atom is -0.502 e. The van der Waals surface area contributed by atoms with Gasteiger partial charge in [0, 0.05) is 5.56 Å². The highest BCUT2D eigenvalue weighted by Crippen LogP contribution is 2.40. The van der Waals surface area contributed by atoms with Gasteiger partial charge < -0.3 is 39.0 Å². The molecule has 0 radical (unpaired) electrons. The normalized spacial score (nSPS) is 9.67. The van der Waals surface area contributed by atoms with E-state index < -0.39 is 11.9 Å². The molecule has 2 rings (SSSR count). The first-order valence-corrected chi connectivity index (χ1v) is 8.37. The Kier molecular flexibility index (Phi) is 8.60. The maximum atomic E-state index is 11.2. The molecule has 0 aliphatic carbocycles. The van der Waals surface area contributed by atoms with Gasteiger partial charge in [0.05, 0.1) is 46.7 Å². The largest absolute Gasteiger partial charge is 0.502 e. The molecule has 0 saturated carbocycles. The molecular weight excluding hydrogens is 400 g/mol. The quantitative estimate of drug-likeness (QED) is 0.593. The predicted molar refractivity (Wildman–Crippen MR) is 105 cm³/mol. The van der Waals surface area contributed by atoms with E-state index in [1.807, 2.05) is 0 Å². The highest BCUT2D eigenvalue weighted by molar-refractivity contribution is 5.92. The number of phenols is 2. The number of phenolic OH excluding ortho intramolecular Hbond substituents is 2. The molecule has 0 atom stereocenters. The molecule has 3 N–H and O–H groups in total. The molecule has 30 heavy (non-hydrogen) atoms.